The lowest BCUT2D eigenvalue weighted by atomic mass is 10.1. The molecule has 0 spiro atoms. The molecule has 4 heteroatoms. The minimum absolute atomic E-state index is 0.0198. The number of carbonyl (C=O) groups excluding carboxylic acids is 2. The molecule has 0 saturated carbocycles. The second kappa shape index (κ2) is 4.63. The molecule has 1 saturated heterocycles. The highest BCUT2D eigenvalue weighted by Gasteiger charge is 2.38. The van der Waals surface area contributed by atoms with Gasteiger partial charge in [-0.2, -0.15) is 0 Å². The smallest absolute Gasteiger partial charge is 0.312 e. The predicted octanol–water partition coefficient (Wildman–Crippen LogP) is 3.02. The van der Waals surface area contributed by atoms with Gasteiger partial charge in [0.1, 0.15) is 6.54 Å². The van der Waals surface area contributed by atoms with Crippen molar-refractivity contribution in [1.82, 2.24) is 4.90 Å². The van der Waals surface area contributed by atoms with Crippen molar-refractivity contribution in [3.8, 4) is 0 Å². The molecule has 1 heterocycles. The Morgan fingerprint density at radius 3 is 2.40 bits per heavy atom. The van der Waals surface area contributed by atoms with Crippen LogP contribution in [0.1, 0.15) is 13.8 Å². The number of hydrogen-bond donors (Lipinski definition) is 0. The van der Waals surface area contributed by atoms with Crippen LogP contribution in [0.3, 0.4) is 0 Å². The van der Waals surface area contributed by atoms with Crippen molar-refractivity contribution in [2.24, 2.45) is 0 Å². The molecule has 0 unspecified atom stereocenters. The molecule has 1 aliphatic rings. The number of rotatable bonds is 2. The molecule has 2 aromatic rings. The van der Waals surface area contributed by atoms with E-state index in [2.05, 4.69) is 0 Å². The van der Waals surface area contributed by atoms with E-state index in [0.29, 0.717) is 5.69 Å². The van der Waals surface area contributed by atoms with Crippen molar-refractivity contribution < 1.29 is 9.59 Å². The summed E-state index contributed by atoms with van der Waals surface area (Å²) in [4.78, 5) is 27.5. The summed E-state index contributed by atoms with van der Waals surface area (Å²) in [6, 6.07) is 13.2. The molecule has 0 aromatic heterocycles. The van der Waals surface area contributed by atoms with Gasteiger partial charge in [0.15, 0.2) is 0 Å². The van der Waals surface area contributed by atoms with Gasteiger partial charge >= 0.3 is 6.03 Å². The van der Waals surface area contributed by atoms with E-state index in [1.165, 1.54) is 4.90 Å². The fourth-order valence-corrected chi connectivity index (χ4v) is 2.56. The maximum absolute atomic E-state index is 12.4. The van der Waals surface area contributed by atoms with Crippen LogP contribution in [-0.2, 0) is 4.79 Å². The van der Waals surface area contributed by atoms with Crippen molar-refractivity contribution in [2.75, 3.05) is 11.4 Å². The Balaban J connectivity index is 2.12. The number of imide groups is 1. The van der Waals surface area contributed by atoms with Gasteiger partial charge in [-0.25, -0.2) is 9.69 Å². The van der Waals surface area contributed by atoms with Gasteiger partial charge in [0.05, 0.1) is 5.69 Å². The molecule has 2 aromatic carbocycles. The third kappa shape index (κ3) is 1.84. The lowest BCUT2D eigenvalue weighted by molar-refractivity contribution is -0.116. The number of amides is 3. The zero-order valence-corrected chi connectivity index (χ0v) is 11.5. The molecule has 3 amide bonds. The van der Waals surface area contributed by atoms with Crippen LogP contribution in [0, 0.1) is 0 Å². The Morgan fingerprint density at radius 1 is 1.00 bits per heavy atom. The molecule has 1 aliphatic heterocycles. The molecule has 102 valence electrons. The lowest BCUT2D eigenvalue weighted by Gasteiger charge is -2.21. The number of carbonyl (C=O) groups is 2. The molecular weight excluding hydrogens is 252 g/mol. The maximum Gasteiger partial charge on any atom is 0.332 e. The summed E-state index contributed by atoms with van der Waals surface area (Å²) in [5, 5.41) is 1.94. The minimum Gasteiger partial charge on any atom is -0.312 e. The van der Waals surface area contributed by atoms with E-state index in [0.717, 1.165) is 10.8 Å². The first kappa shape index (κ1) is 12.7. The maximum atomic E-state index is 12.4. The van der Waals surface area contributed by atoms with E-state index in [1.807, 2.05) is 56.3 Å². The SMILES string of the molecule is CC(C)N1CC(=O)N(c2cccc3ccccc23)C1=O. The van der Waals surface area contributed by atoms with Crippen molar-refractivity contribution in [2.45, 2.75) is 19.9 Å². The average molecular weight is 268 g/mol. The number of nitrogens with zero attached hydrogens (tertiary/aromatic N) is 2. The average Bonchev–Trinajstić information content (AvgIpc) is 2.74. The van der Waals surface area contributed by atoms with E-state index < -0.39 is 0 Å². The van der Waals surface area contributed by atoms with Crippen LogP contribution in [0.2, 0.25) is 0 Å². The third-order valence-corrected chi connectivity index (χ3v) is 3.62. The first-order chi connectivity index (χ1) is 9.59. The number of benzene rings is 2. The summed E-state index contributed by atoms with van der Waals surface area (Å²) >= 11 is 0. The Bertz CT molecular complexity index is 688. The summed E-state index contributed by atoms with van der Waals surface area (Å²) in [5.74, 6) is -0.167. The van der Waals surface area contributed by atoms with Crippen LogP contribution in [0.15, 0.2) is 42.5 Å². The normalized spacial score (nSPS) is 15.8. The van der Waals surface area contributed by atoms with Gasteiger partial charge in [0.2, 0.25) is 0 Å². The van der Waals surface area contributed by atoms with Gasteiger partial charge in [0, 0.05) is 11.4 Å². The second-order valence-electron chi connectivity index (χ2n) is 5.23. The first-order valence-corrected chi connectivity index (χ1v) is 6.71. The van der Waals surface area contributed by atoms with Crippen molar-refractivity contribution >= 4 is 28.4 Å². The molecule has 0 aliphatic carbocycles. The minimum atomic E-state index is -0.235. The molecule has 4 nitrogen and oxygen atoms in total. The summed E-state index contributed by atoms with van der Waals surface area (Å²) in [5.41, 5.74) is 0.668. The highest BCUT2D eigenvalue weighted by Crippen LogP contribution is 2.30. The molecular formula is C16H16N2O2. The number of hydrogen-bond acceptors (Lipinski definition) is 2. The molecule has 0 bridgehead atoms. The van der Waals surface area contributed by atoms with E-state index in [-0.39, 0.29) is 24.5 Å². The van der Waals surface area contributed by atoms with Crippen LogP contribution in [0.4, 0.5) is 10.5 Å². The van der Waals surface area contributed by atoms with Gasteiger partial charge in [-0.05, 0) is 25.3 Å². The van der Waals surface area contributed by atoms with Crippen LogP contribution in [-0.4, -0.2) is 29.4 Å². The first-order valence-electron chi connectivity index (χ1n) is 6.71. The van der Waals surface area contributed by atoms with Crippen LogP contribution in [0.25, 0.3) is 10.8 Å². The highest BCUT2D eigenvalue weighted by atomic mass is 16.2. The second-order valence-corrected chi connectivity index (χ2v) is 5.23. The van der Waals surface area contributed by atoms with Crippen molar-refractivity contribution in [3.05, 3.63) is 42.5 Å². The Hall–Kier alpha value is -2.36. The van der Waals surface area contributed by atoms with Gasteiger partial charge < -0.3 is 4.90 Å². The quantitative estimate of drug-likeness (QED) is 0.785. The molecule has 0 radical (unpaired) electrons. The summed E-state index contributed by atoms with van der Waals surface area (Å²) in [7, 11) is 0. The molecule has 1 fully saturated rings. The largest absolute Gasteiger partial charge is 0.332 e. The summed E-state index contributed by atoms with van der Waals surface area (Å²) in [6.45, 7) is 3.98. The Labute approximate surface area is 117 Å². The number of anilines is 1. The molecule has 0 N–H and O–H groups in total. The lowest BCUT2D eigenvalue weighted by Crippen LogP contribution is -2.36. The topological polar surface area (TPSA) is 40.6 Å². The van der Waals surface area contributed by atoms with Crippen molar-refractivity contribution in [1.29, 1.82) is 0 Å². The van der Waals surface area contributed by atoms with Crippen LogP contribution in [0.5, 0.6) is 0 Å². The Morgan fingerprint density at radius 2 is 1.70 bits per heavy atom. The van der Waals surface area contributed by atoms with E-state index in [4.69, 9.17) is 0 Å². The van der Waals surface area contributed by atoms with E-state index in [1.54, 1.807) is 4.90 Å². The van der Waals surface area contributed by atoms with Crippen LogP contribution < -0.4 is 4.90 Å². The summed E-state index contributed by atoms with van der Waals surface area (Å²) in [6.07, 6.45) is 0. The van der Waals surface area contributed by atoms with Gasteiger partial charge in [-0.1, -0.05) is 36.4 Å². The third-order valence-electron chi connectivity index (χ3n) is 3.62. The van der Waals surface area contributed by atoms with Crippen molar-refractivity contribution in [3.63, 3.8) is 0 Å². The van der Waals surface area contributed by atoms with Crippen LogP contribution >= 0.6 is 0 Å². The molecule has 0 atom stereocenters. The Kier molecular flexibility index (Phi) is 2.93. The number of urea groups is 1. The van der Waals surface area contributed by atoms with E-state index in [9.17, 15) is 9.59 Å². The van der Waals surface area contributed by atoms with Gasteiger partial charge in [-0.15, -0.1) is 0 Å². The predicted molar refractivity (Wildman–Crippen MR) is 78.7 cm³/mol. The fourth-order valence-electron chi connectivity index (χ4n) is 2.56. The fraction of sp³-hybridized carbons (Fsp3) is 0.250. The monoisotopic (exact) mass is 268 g/mol. The molecule has 3 rings (SSSR count). The van der Waals surface area contributed by atoms with E-state index >= 15 is 0 Å². The zero-order chi connectivity index (χ0) is 14.3. The number of fused-ring (bicyclic) bond motifs is 1. The highest BCUT2D eigenvalue weighted by molar-refractivity contribution is 6.23. The summed E-state index contributed by atoms with van der Waals surface area (Å²) < 4.78 is 0. The molecule has 20 heavy (non-hydrogen) atoms. The van der Waals surface area contributed by atoms with Gasteiger partial charge in [0.25, 0.3) is 5.91 Å². The standard InChI is InChI=1S/C16H16N2O2/c1-11(2)17-10-15(19)18(16(17)20)14-9-5-7-12-6-3-4-8-13(12)14/h3-9,11H,10H2,1-2H3. The zero-order valence-electron chi connectivity index (χ0n) is 11.5. The van der Waals surface area contributed by atoms with Gasteiger partial charge in [-0.3, -0.25) is 4.79 Å².